The summed E-state index contributed by atoms with van der Waals surface area (Å²) in [5.41, 5.74) is 5.34. The lowest BCUT2D eigenvalue weighted by atomic mass is 9.97. The highest BCUT2D eigenvalue weighted by Crippen LogP contribution is 2.24. The number of rotatable bonds is 3. The van der Waals surface area contributed by atoms with Crippen LogP contribution < -0.4 is 5.48 Å². The fourth-order valence-corrected chi connectivity index (χ4v) is 3.33. The third-order valence-corrected chi connectivity index (χ3v) is 4.79. The number of aliphatic imine (C=N–C) groups is 2. The van der Waals surface area contributed by atoms with E-state index in [1.807, 2.05) is 36.4 Å². The molecule has 0 bridgehead atoms. The molecular weight excluding hydrogens is 344 g/mol. The Morgan fingerprint density at radius 3 is 2.70 bits per heavy atom. The zero-order chi connectivity index (χ0) is 18.8. The van der Waals surface area contributed by atoms with Gasteiger partial charge in [-0.05, 0) is 35.2 Å². The van der Waals surface area contributed by atoms with E-state index in [9.17, 15) is 9.59 Å². The molecule has 0 radical (unpaired) electrons. The molecule has 27 heavy (non-hydrogen) atoms. The Labute approximate surface area is 156 Å². The second-order valence-electron chi connectivity index (χ2n) is 6.48. The minimum absolute atomic E-state index is 0.139. The van der Waals surface area contributed by atoms with E-state index in [-0.39, 0.29) is 12.1 Å². The van der Waals surface area contributed by atoms with Crippen LogP contribution >= 0.6 is 0 Å². The number of hydrogen-bond donors (Lipinski definition) is 2. The van der Waals surface area contributed by atoms with Crippen molar-refractivity contribution in [3.05, 3.63) is 70.8 Å². The Kier molecular flexibility index (Phi) is 4.52. The average molecular weight is 362 g/mol. The molecule has 2 aromatic rings. The highest BCUT2D eigenvalue weighted by atomic mass is 16.5. The lowest BCUT2D eigenvalue weighted by molar-refractivity contribution is -0.124. The number of nitrogens with zero attached hydrogens (tertiary/aromatic N) is 3. The van der Waals surface area contributed by atoms with Gasteiger partial charge in [-0.15, -0.1) is 0 Å². The fraction of sp³-hybridized carbons (Fsp3) is 0.200. The van der Waals surface area contributed by atoms with E-state index in [0.717, 1.165) is 16.7 Å². The van der Waals surface area contributed by atoms with Crippen molar-refractivity contribution in [3.63, 3.8) is 0 Å². The molecule has 7 nitrogen and oxygen atoms in total. The molecule has 0 spiro atoms. The number of hydrogen-bond acceptors (Lipinski definition) is 5. The zero-order valence-electron chi connectivity index (χ0n) is 14.5. The Morgan fingerprint density at radius 1 is 1.11 bits per heavy atom. The molecule has 0 saturated carbocycles. The lowest BCUT2D eigenvalue weighted by Crippen LogP contribution is -2.40. The van der Waals surface area contributed by atoms with Crippen LogP contribution in [0.5, 0.6) is 0 Å². The standard InChI is InChI=1S/C20H18N4O3/c25-19(23-27)15-6-7-16-12-24(9-8-14(16)10-15)20(26)17-11-21-18(22-17)13-4-2-1-3-5-13/h1-7,10-11,18,27H,8-9,12H2,(H,23,25). The third-order valence-electron chi connectivity index (χ3n) is 4.79. The lowest BCUT2D eigenvalue weighted by Gasteiger charge is -2.28. The topological polar surface area (TPSA) is 94.4 Å². The van der Waals surface area contributed by atoms with Crippen LogP contribution in [0.1, 0.15) is 33.2 Å². The maximum atomic E-state index is 12.8. The van der Waals surface area contributed by atoms with Crippen molar-refractivity contribution in [2.45, 2.75) is 19.1 Å². The van der Waals surface area contributed by atoms with E-state index in [0.29, 0.717) is 30.8 Å². The zero-order valence-corrected chi connectivity index (χ0v) is 14.5. The number of amides is 2. The molecule has 2 heterocycles. The first-order chi connectivity index (χ1) is 13.2. The van der Waals surface area contributed by atoms with Gasteiger partial charge in [0.15, 0.2) is 6.17 Å². The van der Waals surface area contributed by atoms with Gasteiger partial charge in [-0.3, -0.25) is 19.8 Å². The van der Waals surface area contributed by atoms with Crippen molar-refractivity contribution in [1.29, 1.82) is 0 Å². The fourth-order valence-electron chi connectivity index (χ4n) is 3.33. The maximum absolute atomic E-state index is 12.8. The van der Waals surface area contributed by atoms with E-state index in [1.54, 1.807) is 28.7 Å². The van der Waals surface area contributed by atoms with E-state index < -0.39 is 5.91 Å². The molecule has 2 aliphatic rings. The summed E-state index contributed by atoms with van der Waals surface area (Å²) < 4.78 is 0. The minimum Gasteiger partial charge on any atom is -0.333 e. The average Bonchev–Trinajstić information content (AvgIpc) is 3.22. The van der Waals surface area contributed by atoms with Gasteiger partial charge in [0, 0.05) is 18.7 Å². The number of nitrogens with one attached hydrogen (secondary N) is 1. The molecule has 1 atom stereocenters. The van der Waals surface area contributed by atoms with Crippen LogP contribution in [0.15, 0.2) is 58.5 Å². The smallest absolute Gasteiger partial charge is 0.274 e. The van der Waals surface area contributed by atoms with Gasteiger partial charge in [0.1, 0.15) is 5.71 Å². The Morgan fingerprint density at radius 2 is 1.93 bits per heavy atom. The van der Waals surface area contributed by atoms with E-state index in [4.69, 9.17) is 5.21 Å². The summed E-state index contributed by atoms with van der Waals surface area (Å²) >= 11 is 0. The van der Waals surface area contributed by atoms with Gasteiger partial charge in [0.2, 0.25) is 0 Å². The van der Waals surface area contributed by atoms with E-state index in [2.05, 4.69) is 9.98 Å². The van der Waals surface area contributed by atoms with Gasteiger partial charge < -0.3 is 4.90 Å². The summed E-state index contributed by atoms with van der Waals surface area (Å²) in [5.74, 6) is -0.681. The molecule has 0 fully saturated rings. The molecule has 2 N–H and O–H groups in total. The first-order valence-electron chi connectivity index (χ1n) is 8.67. The molecule has 4 rings (SSSR count). The van der Waals surface area contributed by atoms with Crippen molar-refractivity contribution < 1.29 is 14.8 Å². The SMILES string of the molecule is O=C(NO)c1ccc2c(c1)CCN(C(=O)C1=NC(c3ccccc3)N=C1)C2. The molecule has 0 saturated heterocycles. The number of carbonyl (C=O) groups excluding carboxylic acids is 2. The van der Waals surface area contributed by atoms with Crippen molar-refractivity contribution in [2.75, 3.05) is 6.54 Å². The van der Waals surface area contributed by atoms with Crippen molar-refractivity contribution in [3.8, 4) is 0 Å². The van der Waals surface area contributed by atoms with Gasteiger partial charge in [0.25, 0.3) is 11.8 Å². The van der Waals surface area contributed by atoms with Gasteiger partial charge >= 0.3 is 0 Å². The van der Waals surface area contributed by atoms with Crippen LogP contribution in [-0.4, -0.2) is 40.4 Å². The molecule has 0 aromatic heterocycles. The van der Waals surface area contributed by atoms with Gasteiger partial charge in [-0.1, -0.05) is 36.4 Å². The summed E-state index contributed by atoms with van der Waals surface area (Å²) in [5, 5.41) is 8.75. The first kappa shape index (κ1) is 17.1. The summed E-state index contributed by atoms with van der Waals surface area (Å²) in [6.45, 7) is 0.997. The van der Waals surface area contributed by atoms with Gasteiger partial charge in [-0.2, -0.15) is 0 Å². The Hall–Kier alpha value is -3.32. The van der Waals surface area contributed by atoms with Crippen LogP contribution in [0.25, 0.3) is 0 Å². The highest BCUT2D eigenvalue weighted by Gasteiger charge is 2.27. The van der Waals surface area contributed by atoms with Crippen molar-refractivity contribution >= 4 is 23.7 Å². The van der Waals surface area contributed by atoms with Gasteiger partial charge in [-0.25, -0.2) is 10.5 Å². The highest BCUT2D eigenvalue weighted by molar-refractivity contribution is 6.61. The molecule has 136 valence electrons. The van der Waals surface area contributed by atoms with Crippen LogP contribution in [0.4, 0.5) is 0 Å². The first-order valence-corrected chi connectivity index (χ1v) is 8.67. The molecular formula is C20H18N4O3. The van der Waals surface area contributed by atoms with Gasteiger partial charge in [0.05, 0.1) is 6.21 Å². The summed E-state index contributed by atoms with van der Waals surface area (Å²) in [6.07, 6.45) is 1.83. The molecule has 1 unspecified atom stereocenters. The minimum atomic E-state index is -0.542. The van der Waals surface area contributed by atoms with Crippen molar-refractivity contribution in [2.24, 2.45) is 9.98 Å². The predicted molar refractivity (Wildman–Crippen MR) is 99.9 cm³/mol. The number of fused-ring (bicyclic) bond motifs is 1. The van der Waals surface area contributed by atoms with Crippen molar-refractivity contribution in [1.82, 2.24) is 10.4 Å². The molecule has 0 aliphatic carbocycles. The number of hydroxylamine groups is 1. The predicted octanol–water partition coefficient (Wildman–Crippen LogP) is 1.91. The second kappa shape index (κ2) is 7.13. The monoisotopic (exact) mass is 362 g/mol. The van der Waals surface area contributed by atoms with Crippen LogP contribution in [0, 0.1) is 0 Å². The van der Waals surface area contributed by atoms with Crippen LogP contribution in [-0.2, 0) is 17.8 Å². The Bertz CT molecular complexity index is 953. The molecule has 7 heteroatoms. The molecule has 2 amide bonds. The quantitative estimate of drug-likeness (QED) is 0.645. The largest absolute Gasteiger partial charge is 0.333 e. The summed E-state index contributed by atoms with van der Waals surface area (Å²) in [7, 11) is 0. The van der Waals surface area contributed by atoms with E-state index in [1.165, 1.54) is 0 Å². The third kappa shape index (κ3) is 3.37. The number of benzene rings is 2. The number of carbonyl (C=O) groups is 2. The Balaban J connectivity index is 1.49. The maximum Gasteiger partial charge on any atom is 0.274 e. The molecule has 2 aromatic carbocycles. The second-order valence-corrected chi connectivity index (χ2v) is 6.48. The van der Waals surface area contributed by atoms with Crippen LogP contribution in [0.2, 0.25) is 0 Å². The van der Waals surface area contributed by atoms with Crippen LogP contribution in [0.3, 0.4) is 0 Å². The normalized spacial score (nSPS) is 18.0. The summed E-state index contributed by atoms with van der Waals surface area (Å²) in [4.78, 5) is 34.9. The summed E-state index contributed by atoms with van der Waals surface area (Å²) in [6, 6.07) is 14.9. The van der Waals surface area contributed by atoms with E-state index >= 15 is 0 Å². The molecule has 2 aliphatic heterocycles.